The molecule has 1 aliphatic rings. The van der Waals surface area contributed by atoms with E-state index in [1.165, 1.54) is 13.4 Å². The first-order valence-corrected chi connectivity index (χ1v) is 5.24. The summed E-state index contributed by atoms with van der Waals surface area (Å²) >= 11 is 0. The van der Waals surface area contributed by atoms with E-state index >= 15 is 0 Å². The third-order valence-electron chi connectivity index (χ3n) is 2.69. The molecule has 0 bridgehead atoms. The van der Waals surface area contributed by atoms with Crippen LogP contribution in [-0.2, 0) is 0 Å². The summed E-state index contributed by atoms with van der Waals surface area (Å²) in [6.07, 6.45) is 3.94. The number of hydrogen-bond acceptors (Lipinski definition) is 5. The second kappa shape index (κ2) is 4.52. The highest BCUT2D eigenvalue weighted by molar-refractivity contribution is 5.29. The molecular weight excluding hydrogens is 210 g/mol. The fraction of sp³-hybridized carbons (Fsp3) is 0.600. The summed E-state index contributed by atoms with van der Waals surface area (Å²) in [5, 5.41) is 0. The molecule has 6 heteroatoms. The molecule has 0 aliphatic heterocycles. The van der Waals surface area contributed by atoms with Crippen molar-refractivity contribution in [2.45, 2.75) is 31.4 Å². The maximum absolute atomic E-state index is 11.4. The normalized spacial score (nSPS) is 24.4. The lowest BCUT2D eigenvalue weighted by Crippen LogP contribution is -2.21. The first-order chi connectivity index (χ1) is 7.70. The molecule has 1 aromatic heterocycles. The Morgan fingerprint density at radius 2 is 2.38 bits per heavy atom. The van der Waals surface area contributed by atoms with Crippen LogP contribution in [0.4, 0.5) is 0 Å². The van der Waals surface area contributed by atoms with Gasteiger partial charge >= 0.3 is 0 Å². The number of nitrogens with zero attached hydrogens (tertiary/aromatic N) is 1. The number of H-pyrrole nitrogens is 1. The minimum atomic E-state index is -0.338. The van der Waals surface area contributed by atoms with Gasteiger partial charge in [-0.1, -0.05) is 0 Å². The van der Waals surface area contributed by atoms with Gasteiger partial charge in [0.25, 0.3) is 11.4 Å². The van der Waals surface area contributed by atoms with E-state index < -0.39 is 0 Å². The molecule has 2 atom stereocenters. The Morgan fingerprint density at radius 3 is 3.00 bits per heavy atom. The van der Waals surface area contributed by atoms with Gasteiger partial charge in [0.2, 0.25) is 5.75 Å². The van der Waals surface area contributed by atoms with Crippen LogP contribution < -0.4 is 20.8 Å². The highest BCUT2D eigenvalue weighted by Gasteiger charge is 2.25. The summed E-state index contributed by atoms with van der Waals surface area (Å²) < 4.78 is 10.6. The Balaban J connectivity index is 2.15. The van der Waals surface area contributed by atoms with E-state index in [2.05, 4.69) is 9.97 Å². The fourth-order valence-electron chi connectivity index (χ4n) is 1.87. The van der Waals surface area contributed by atoms with E-state index in [-0.39, 0.29) is 29.3 Å². The lowest BCUT2D eigenvalue weighted by molar-refractivity contribution is 0.189. The SMILES string of the molecule is COc1c(OC2CCC(N)C2)nc[nH]c1=O. The molecule has 0 radical (unpaired) electrons. The lowest BCUT2D eigenvalue weighted by Gasteiger charge is -2.13. The van der Waals surface area contributed by atoms with Crippen molar-refractivity contribution < 1.29 is 9.47 Å². The van der Waals surface area contributed by atoms with Crippen LogP contribution in [0, 0.1) is 0 Å². The van der Waals surface area contributed by atoms with Gasteiger partial charge < -0.3 is 20.2 Å². The third kappa shape index (κ3) is 2.16. The zero-order valence-electron chi connectivity index (χ0n) is 9.10. The van der Waals surface area contributed by atoms with Crippen molar-refractivity contribution >= 4 is 0 Å². The van der Waals surface area contributed by atoms with E-state index in [9.17, 15) is 4.79 Å². The van der Waals surface area contributed by atoms with E-state index in [0.717, 1.165) is 19.3 Å². The number of ether oxygens (including phenoxy) is 2. The highest BCUT2D eigenvalue weighted by atomic mass is 16.5. The zero-order chi connectivity index (χ0) is 11.5. The predicted molar refractivity (Wildman–Crippen MR) is 57.7 cm³/mol. The van der Waals surface area contributed by atoms with E-state index in [1.807, 2.05) is 0 Å². The van der Waals surface area contributed by atoms with Crippen molar-refractivity contribution in [1.29, 1.82) is 0 Å². The van der Waals surface area contributed by atoms with Crippen molar-refractivity contribution in [3.63, 3.8) is 0 Å². The molecule has 16 heavy (non-hydrogen) atoms. The fourth-order valence-corrected chi connectivity index (χ4v) is 1.87. The molecule has 1 saturated carbocycles. The quantitative estimate of drug-likeness (QED) is 0.757. The molecule has 3 N–H and O–H groups in total. The summed E-state index contributed by atoms with van der Waals surface area (Å²) in [5.41, 5.74) is 5.44. The van der Waals surface area contributed by atoms with Crippen molar-refractivity contribution in [1.82, 2.24) is 9.97 Å². The maximum atomic E-state index is 11.4. The minimum Gasteiger partial charge on any atom is -0.487 e. The van der Waals surface area contributed by atoms with Crippen LogP contribution in [0.3, 0.4) is 0 Å². The van der Waals surface area contributed by atoms with Crippen LogP contribution in [0.2, 0.25) is 0 Å². The van der Waals surface area contributed by atoms with E-state index in [1.54, 1.807) is 0 Å². The van der Waals surface area contributed by atoms with Crippen molar-refractivity contribution in [2.24, 2.45) is 5.73 Å². The van der Waals surface area contributed by atoms with Crippen molar-refractivity contribution in [3.05, 3.63) is 16.7 Å². The van der Waals surface area contributed by atoms with Gasteiger partial charge in [0.05, 0.1) is 13.4 Å². The van der Waals surface area contributed by atoms with Crippen molar-refractivity contribution in [2.75, 3.05) is 7.11 Å². The molecular formula is C10H15N3O3. The standard InChI is InChI=1S/C10H15N3O3/c1-15-8-9(14)12-5-13-10(8)16-7-3-2-6(11)4-7/h5-7H,2-4,11H2,1H3,(H,12,13,14). The molecule has 0 aromatic carbocycles. The largest absolute Gasteiger partial charge is 0.487 e. The Morgan fingerprint density at radius 1 is 1.56 bits per heavy atom. The number of aromatic amines is 1. The zero-order valence-corrected chi connectivity index (χ0v) is 9.10. The number of methoxy groups -OCH3 is 1. The molecule has 6 nitrogen and oxygen atoms in total. The van der Waals surface area contributed by atoms with Gasteiger partial charge in [0, 0.05) is 6.04 Å². The highest BCUT2D eigenvalue weighted by Crippen LogP contribution is 2.25. The first-order valence-electron chi connectivity index (χ1n) is 5.24. The average molecular weight is 225 g/mol. The Labute approximate surface area is 92.8 Å². The van der Waals surface area contributed by atoms with Gasteiger partial charge in [-0.3, -0.25) is 4.79 Å². The Bertz CT molecular complexity index is 418. The lowest BCUT2D eigenvalue weighted by atomic mass is 10.3. The smallest absolute Gasteiger partial charge is 0.297 e. The molecule has 0 amide bonds. The van der Waals surface area contributed by atoms with Crippen LogP contribution in [0.25, 0.3) is 0 Å². The van der Waals surface area contributed by atoms with Crippen LogP contribution in [-0.4, -0.2) is 29.2 Å². The van der Waals surface area contributed by atoms with Gasteiger partial charge in [-0.25, -0.2) is 4.98 Å². The van der Waals surface area contributed by atoms with Crippen LogP contribution >= 0.6 is 0 Å². The summed E-state index contributed by atoms with van der Waals surface area (Å²) in [4.78, 5) is 17.8. The van der Waals surface area contributed by atoms with E-state index in [0.29, 0.717) is 0 Å². The number of rotatable bonds is 3. The number of aromatic nitrogens is 2. The van der Waals surface area contributed by atoms with E-state index in [4.69, 9.17) is 15.2 Å². The summed E-state index contributed by atoms with van der Waals surface area (Å²) in [6.45, 7) is 0. The molecule has 1 aliphatic carbocycles. The van der Waals surface area contributed by atoms with Gasteiger partial charge in [-0.15, -0.1) is 0 Å². The van der Waals surface area contributed by atoms with Crippen LogP contribution in [0.15, 0.2) is 11.1 Å². The number of hydrogen-bond donors (Lipinski definition) is 2. The van der Waals surface area contributed by atoms with Crippen LogP contribution in [0.1, 0.15) is 19.3 Å². The van der Waals surface area contributed by atoms with Crippen molar-refractivity contribution in [3.8, 4) is 11.6 Å². The topological polar surface area (TPSA) is 90.2 Å². The Kier molecular flexibility index (Phi) is 3.09. The molecule has 2 unspecified atom stereocenters. The number of nitrogens with two attached hydrogens (primary N) is 1. The Hall–Kier alpha value is -1.56. The molecule has 88 valence electrons. The second-order valence-electron chi connectivity index (χ2n) is 3.88. The van der Waals surface area contributed by atoms with Gasteiger partial charge in [-0.2, -0.15) is 0 Å². The van der Waals surface area contributed by atoms with Crippen LogP contribution in [0.5, 0.6) is 11.6 Å². The minimum absolute atomic E-state index is 0.0261. The van der Waals surface area contributed by atoms with Gasteiger partial charge in [-0.05, 0) is 19.3 Å². The average Bonchev–Trinajstić information content (AvgIpc) is 2.64. The third-order valence-corrected chi connectivity index (χ3v) is 2.69. The number of nitrogens with one attached hydrogen (secondary N) is 1. The molecule has 1 heterocycles. The molecule has 1 aromatic rings. The predicted octanol–water partition coefficient (Wildman–Crippen LogP) is 0.0371. The molecule has 0 saturated heterocycles. The van der Waals surface area contributed by atoms with Gasteiger partial charge in [0.15, 0.2) is 0 Å². The maximum Gasteiger partial charge on any atom is 0.297 e. The molecule has 0 spiro atoms. The monoisotopic (exact) mass is 225 g/mol. The summed E-state index contributed by atoms with van der Waals surface area (Å²) in [7, 11) is 1.42. The summed E-state index contributed by atoms with van der Waals surface area (Å²) in [5.74, 6) is 0.355. The van der Waals surface area contributed by atoms with Gasteiger partial charge in [0.1, 0.15) is 6.10 Å². The second-order valence-corrected chi connectivity index (χ2v) is 3.88. The molecule has 2 rings (SSSR count). The molecule has 1 fully saturated rings. The summed E-state index contributed by atoms with van der Waals surface area (Å²) in [6, 6.07) is 0.179. The first kappa shape index (κ1) is 10.9.